The second kappa shape index (κ2) is 41.4. The van der Waals surface area contributed by atoms with E-state index in [4.69, 9.17) is 43.0 Å². The van der Waals surface area contributed by atoms with Crippen LogP contribution >= 0.6 is 24.2 Å². The Morgan fingerprint density at radius 2 is 1.03 bits per heavy atom. The van der Waals surface area contributed by atoms with Crippen molar-refractivity contribution in [3.05, 3.63) is 154 Å². The average molecular weight is 1670 g/mol. The van der Waals surface area contributed by atoms with Crippen molar-refractivity contribution in [1.82, 2.24) is 30.4 Å². The zero-order valence-electron chi connectivity index (χ0n) is 66.9. The van der Waals surface area contributed by atoms with Gasteiger partial charge in [-0.25, -0.2) is 4.67 Å². The van der Waals surface area contributed by atoms with Gasteiger partial charge in [-0.1, -0.05) is 34.1 Å². The van der Waals surface area contributed by atoms with E-state index in [9.17, 15) is 28.8 Å². The number of aromatic nitrogens is 2. The summed E-state index contributed by atoms with van der Waals surface area (Å²) in [6.07, 6.45) is 7.11. The van der Waals surface area contributed by atoms with Crippen LogP contribution in [-0.2, 0) is 61.5 Å². The molecule has 5 fully saturated rings. The van der Waals surface area contributed by atoms with Crippen molar-refractivity contribution in [3.63, 3.8) is 0 Å². The predicted molar refractivity (Wildman–Crippen MR) is 425 cm³/mol. The Morgan fingerprint density at radius 3 is 1.44 bits per heavy atom. The number of nitrogens with zero attached hydrogens (tertiary/aromatic N) is 4. The van der Waals surface area contributed by atoms with E-state index in [-0.39, 0.29) is 105 Å². The molecule has 26 nitrogen and oxygen atoms in total. The maximum absolute atomic E-state index is 13.9. The fourth-order valence-corrected chi connectivity index (χ4v) is 16.0. The Morgan fingerprint density at radius 1 is 0.627 bits per heavy atom. The molecule has 9 heterocycles. The molecule has 2 aromatic heterocycles. The van der Waals surface area contributed by atoms with Crippen molar-refractivity contribution in [2.24, 2.45) is 0 Å². The standard InChI is InChI=1S/C36H45N5O5.C29H42BN3O6.C13H15BrN2O.3K.HO4P/c1-6-41(26-9-15-46-16-10-26)31-20-25(24-7-8-29-30(19-24)39-35(44)36(29)11-13-40(4)14-12-36)18-27(23(31)3)33(42)37-21-28-32(45-5)17-22(2)38-34(28)43;1-9-33(21-10-12-37-13-11-21)24-16-20(30-38-28(4,5)29(6,7)39-30)15-22(19(24)3)26(34)31-17-23-25(36-8)14-18(2)32-27(23)35;1-16-6-4-13(5-7-16)10-3-2-9(14)8-11(10)15-12(13)17;;;;1-4-5(2)3/h7-8,17-20,26H,6,9-16,21H2,1-5H3,(H,37,42)(H,38,43)(H,39,44);14-16,21H,9-13,17H2,1-8H3,(H,31,34)(H,32,35);2-3,8H,4-7H2,1H3,(H,15,17);;;;1H/q;;;;;+1;/p-1. The molecule has 0 bridgehead atoms. The predicted octanol–water partition coefficient (Wildman–Crippen LogP) is 4.66. The number of carbonyl (C=O) groups is 4. The van der Waals surface area contributed by atoms with Gasteiger partial charge in [-0.05, 0) is 259 Å². The molecule has 0 aliphatic carbocycles. The van der Waals surface area contributed by atoms with Gasteiger partial charge in [-0.15, -0.1) is 0 Å². The number of rotatable bonds is 17. The van der Waals surface area contributed by atoms with Crippen molar-refractivity contribution in [2.45, 2.75) is 168 Å². The Kier molecular flexibility index (Phi) is 34.9. The molecule has 0 saturated carbocycles. The molecule has 110 heavy (non-hydrogen) atoms. The summed E-state index contributed by atoms with van der Waals surface area (Å²) in [7, 11) is 3.47. The minimum absolute atomic E-state index is 0. The van der Waals surface area contributed by atoms with Crippen LogP contribution in [-0.4, -0.2) is 231 Å². The van der Waals surface area contributed by atoms with E-state index in [2.05, 4.69) is 136 Å². The molecule has 1 unspecified atom stereocenters. The molecule has 578 valence electrons. The third-order valence-corrected chi connectivity index (χ3v) is 23.2. The molecule has 5 saturated heterocycles. The van der Waals surface area contributed by atoms with E-state index < -0.39 is 32.0 Å². The number of halogens is 1. The molecule has 0 radical (unpaired) electrons. The first-order valence-electron chi connectivity index (χ1n) is 37.7. The number of ether oxygens (including phenoxy) is 4. The van der Waals surface area contributed by atoms with Gasteiger partial charge in [0.25, 0.3) is 22.9 Å². The number of nitrogens with one attached hydrogen (secondary N) is 6. The molecule has 6 N–H and O–H groups in total. The summed E-state index contributed by atoms with van der Waals surface area (Å²) in [5, 5.41) is 20.7. The number of anilines is 4. The third-order valence-electron chi connectivity index (χ3n) is 22.6. The summed E-state index contributed by atoms with van der Waals surface area (Å²) in [4.78, 5) is 102. The molecule has 6 aromatic rings. The fourth-order valence-electron chi connectivity index (χ4n) is 15.6. The molecule has 4 aromatic carbocycles. The number of H-pyrrole nitrogens is 2. The second-order valence-electron chi connectivity index (χ2n) is 29.7. The molecule has 7 aliphatic rings. The van der Waals surface area contributed by atoms with E-state index >= 15 is 0 Å². The van der Waals surface area contributed by atoms with Gasteiger partial charge >= 0.3 is 130 Å². The first kappa shape index (κ1) is 92.6. The van der Waals surface area contributed by atoms with Gasteiger partial charge in [0.2, 0.25) is 11.8 Å². The zero-order valence-corrected chi connectivity index (χ0v) is 78.8. The number of piperidine rings is 2. The summed E-state index contributed by atoms with van der Waals surface area (Å²) in [6, 6.07) is 24.5. The van der Waals surface area contributed by atoms with Crippen LogP contribution in [0.3, 0.4) is 0 Å². The number of likely N-dealkylation sites (tertiary alicyclic amines) is 2. The van der Waals surface area contributed by atoms with Crippen LogP contribution in [0.2, 0.25) is 0 Å². The monoisotopic (exact) mass is 1670 g/mol. The van der Waals surface area contributed by atoms with Crippen molar-refractivity contribution in [1.29, 1.82) is 0 Å². The number of carbonyl (C=O) groups excluding carboxylic acids is 4. The van der Waals surface area contributed by atoms with Crippen LogP contribution in [0.15, 0.2) is 86.9 Å². The molecule has 7 aliphatic heterocycles. The number of aromatic amines is 2. The molecule has 4 amide bonds. The topological polar surface area (TPSA) is 323 Å². The number of amides is 4. The molecule has 13 rings (SSSR count). The third kappa shape index (κ3) is 21.5. The number of pyridine rings is 2. The van der Waals surface area contributed by atoms with Gasteiger partial charge < -0.3 is 89.2 Å². The van der Waals surface area contributed by atoms with Crippen LogP contribution < -0.4 is 119 Å². The second-order valence-corrected chi connectivity index (χ2v) is 31.2. The normalized spacial score (nSPS) is 18.2. The van der Waals surface area contributed by atoms with Gasteiger partial charge in [0.1, 0.15) is 11.5 Å². The van der Waals surface area contributed by atoms with Crippen LogP contribution in [0.1, 0.15) is 158 Å². The maximum atomic E-state index is 13.9. The van der Waals surface area contributed by atoms with Gasteiger partial charge in [-0.3, -0.25) is 28.8 Å². The quantitative estimate of drug-likeness (QED) is 0.0313. The van der Waals surface area contributed by atoms with Crippen LogP contribution in [0.5, 0.6) is 11.5 Å². The summed E-state index contributed by atoms with van der Waals surface area (Å²) in [5.74, 6) is 0.584. The molecular weight excluding hydrogens is 1570 g/mol. The molecule has 32 heteroatoms. The number of fused-ring (bicyclic) bond motifs is 4. The number of hydrogen-bond acceptors (Lipinski definition) is 20. The van der Waals surface area contributed by atoms with E-state index in [0.717, 1.165) is 164 Å². The van der Waals surface area contributed by atoms with E-state index in [0.29, 0.717) is 70.4 Å². The first-order valence-corrected chi connectivity index (χ1v) is 55.6. The van der Waals surface area contributed by atoms with Crippen molar-refractivity contribution in [3.8, 4) is 22.6 Å². The van der Waals surface area contributed by atoms with Gasteiger partial charge in [0.05, 0.1) is 60.5 Å². The van der Waals surface area contributed by atoms with Gasteiger partial charge in [-0.2, -0.15) is 0 Å². The van der Waals surface area contributed by atoms with E-state index in [1.54, 1.807) is 26.0 Å². The summed E-state index contributed by atoms with van der Waals surface area (Å²) in [6.45, 7) is 28.1. The minimum atomic E-state index is -3.15. The molecule has 1 atom stereocenters. The van der Waals surface area contributed by atoms with E-state index in [1.165, 1.54) is 82.9 Å². The summed E-state index contributed by atoms with van der Waals surface area (Å²) in [5.41, 5.74) is 11.2. The number of methoxy groups -OCH3 is 2. The average Bonchev–Trinajstić information content (AvgIpc) is 1.61. The van der Waals surface area contributed by atoms with Crippen molar-refractivity contribution >= 4 is 146 Å². The van der Waals surface area contributed by atoms with Crippen molar-refractivity contribution < 1.29 is 118 Å². The van der Waals surface area contributed by atoms with Crippen LogP contribution in [0, 0.1) is 27.7 Å². The van der Waals surface area contributed by atoms with Crippen LogP contribution in [0.4, 0.5) is 22.7 Å². The Bertz CT molecular complexity index is 4400. The van der Waals surface area contributed by atoms with Crippen molar-refractivity contribution in [2.75, 3.05) is 114 Å². The summed E-state index contributed by atoms with van der Waals surface area (Å²) >= 11 is 5.95. The van der Waals surface area contributed by atoms with Gasteiger partial charge in [0, 0.05) is 101 Å². The van der Waals surface area contributed by atoms with Gasteiger partial charge in [0.15, 0.2) is 0 Å². The Balaban J connectivity index is 0.000000213. The molecular formula is C78H102BBrK3N10O16P. The number of aryl methyl sites for hydroxylation is 2. The zero-order chi connectivity index (χ0) is 79.4. The fraction of sp³-hybridized carbons (Fsp3) is 0.513. The Labute approximate surface area is 743 Å². The van der Waals surface area contributed by atoms with Crippen LogP contribution in [0.25, 0.3) is 11.1 Å². The Hall–Kier alpha value is -2.95. The summed E-state index contributed by atoms with van der Waals surface area (Å²) < 4.78 is 47.2. The first-order chi connectivity index (χ1) is 51.9. The number of benzene rings is 4. The van der Waals surface area contributed by atoms with E-state index in [1.807, 2.05) is 65.8 Å². The number of hydrogen-bond donors (Lipinski definition) is 6. The SMILES string of the molecule is CCN(c1cc(-c2ccc3c(c2)NC(=O)C32CCN(C)CC2)cc(C(=O)NCc2c(OC)cc(C)[nH]c2=O)c1C)C1CCOCC1.CCN(c1cc(B2OC(C)(C)C(C)(C)O2)cc(C(=O)NCc2c(OC)cc(C)[nH]c2=O)c1C)C1CCOCC1.CN1CCC2(CC1)C(=O)Nc1cc(Br)ccc12.O=[P+]([O-])O[O-].[K+].[K][K]. The molecule has 2 spiro atoms.